The fourth-order valence-electron chi connectivity index (χ4n) is 2.08. The first-order valence-corrected chi connectivity index (χ1v) is 6.04. The van der Waals surface area contributed by atoms with Gasteiger partial charge in [-0.05, 0) is 29.8 Å². The van der Waals surface area contributed by atoms with Gasteiger partial charge in [-0.1, -0.05) is 13.3 Å². The van der Waals surface area contributed by atoms with E-state index in [1.54, 1.807) is 6.07 Å². The Morgan fingerprint density at radius 3 is 3.00 bits per heavy atom. The first kappa shape index (κ1) is 12.0. The predicted molar refractivity (Wildman–Crippen MR) is 61.6 cm³/mol. The van der Waals surface area contributed by atoms with Crippen molar-refractivity contribution in [3.8, 4) is 5.88 Å². The molecule has 1 aliphatic rings. The molecule has 1 aliphatic carbocycles. The van der Waals surface area contributed by atoms with Crippen LogP contribution in [0.1, 0.15) is 32.6 Å². The van der Waals surface area contributed by atoms with Crippen molar-refractivity contribution in [1.82, 2.24) is 10.5 Å². The van der Waals surface area contributed by atoms with Crippen LogP contribution in [0, 0.1) is 5.41 Å². The van der Waals surface area contributed by atoms with E-state index in [0.717, 1.165) is 13.0 Å². The van der Waals surface area contributed by atoms with Gasteiger partial charge in [-0.15, -0.1) is 0 Å². The number of nitrogens with zero attached hydrogens (tertiary/aromatic N) is 1. The van der Waals surface area contributed by atoms with E-state index in [1.807, 2.05) is 0 Å². The zero-order chi connectivity index (χ0) is 12.1. The van der Waals surface area contributed by atoms with Crippen molar-refractivity contribution >= 4 is 5.91 Å². The lowest BCUT2D eigenvalue weighted by Gasteiger charge is -2.41. The smallest absolute Gasteiger partial charge is 0.258 e. The molecule has 94 valence electrons. The summed E-state index contributed by atoms with van der Waals surface area (Å²) in [4.78, 5) is 11.5. The second-order valence-electron chi connectivity index (χ2n) is 4.61. The minimum atomic E-state index is -0.104. The van der Waals surface area contributed by atoms with E-state index in [2.05, 4.69) is 21.9 Å². The molecule has 0 saturated heterocycles. The van der Waals surface area contributed by atoms with E-state index in [1.165, 1.54) is 25.5 Å². The van der Waals surface area contributed by atoms with Gasteiger partial charge in [0.25, 0.3) is 11.8 Å². The Kier molecular flexibility index (Phi) is 3.66. The van der Waals surface area contributed by atoms with Crippen molar-refractivity contribution in [2.75, 3.05) is 13.2 Å². The van der Waals surface area contributed by atoms with Crippen molar-refractivity contribution in [2.24, 2.45) is 5.41 Å². The van der Waals surface area contributed by atoms with E-state index in [-0.39, 0.29) is 12.5 Å². The monoisotopic (exact) mass is 238 g/mol. The second kappa shape index (κ2) is 5.21. The Labute approximate surface area is 101 Å². The summed E-state index contributed by atoms with van der Waals surface area (Å²) in [5.41, 5.74) is 0.337. The molecule has 1 N–H and O–H groups in total. The Morgan fingerprint density at radius 2 is 2.47 bits per heavy atom. The molecule has 0 radical (unpaired) electrons. The SMILES string of the molecule is CCC1(CNC(=O)COc2ccon2)CCC1. The fraction of sp³-hybridized carbons (Fsp3) is 0.667. The molecule has 1 aromatic heterocycles. The molecular formula is C12H18N2O3. The third-order valence-corrected chi connectivity index (χ3v) is 3.59. The molecule has 1 fully saturated rings. The van der Waals surface area contributed by atoms with E-state index in [0.29, 0.717) is 11.3 Å². The van der Waals surface area contributed by atoms with Crippen LogP contribution in [0.3, 0.4) is 0 Å². The average molecular weight is 238 g/mol. The maximum Gasteiger partial charge on any atom is 0.258 e. The highest BCUT2D eigenvalue weighted by molar-refractivity contribution is 5.77. The number of carbonyl (C=O) groups excluding carboxylic acids is 1. The summed E-state index contributed by atoms with van der Waals surface area (Å²) in [6, 6.07) is 1.58. The molecule has 5 nitrogen and oxygen atoms in total. The number of rotatable bonds is 6. The van der Waals surface area contributed by atoms with E-state index in [4.69, 9.17) is 4.74 Å². The molecule has 5 heteroatoms. The third-order valence-electron chi connectivity index (χ3n) is 3.59. The minimum absolute atomic E-state index is 0.00761. The summed E-state index contributed by atoms with van der Waals surface area (Å²) in [6.45, 7) is 2.92. The van der Waals surface area contributed by atoms with Gasteiger partial charge in [-0.2, -0.15) is 0 Å². The molecule has 2 rings (SSSR count). The number of carbonyl (C=O) groups is 1. The van der Waals surface area contributed by atoms with Gasteiger partial charge in [0, 0.05) is 12.6 Å². The van der Waals surface area contributed by atoms with Gasteiger partial charge in [-0.3, -0.25) is 4.79 Å². The van der Waals surface area contributed by atoms with Crippen LogP contribution in [0.25, 0.3) is 0 Å². The maximum absolute atomic E-state index is 11.5. The molecule has 0 aromatic carbocycles. The number of aromatic nitrogens is 1. The van der Waals surface area contributed by atoms with E-state index < -0.39 is 0 Å². The van der Waals surface area contributed by atoms with Gasteiger partial charge in [0.05, 0.1) is 0 Å². The van der Waals surface area contributed by atoms with Crippen LogP contribution in [-0.2, 0) is 4.79 Å². The van der Waals surface area contributed by atoms with Crippen molar-refractivity contribution in [3.63, 3.8) is 0 Å². The van der Waals surface area contributed by atoms with Crippen LogP contribution in [0.4, 0.5) is 0 Å². The molecule has 0 aliphatic heterocycles. The number of nitrogens with one attached hydrogen (secondary N) is 1. The zero-order valence-corrected chi connectivity index (χ0v) is 10.1. The van der Waals surface area contributed by atoms with Gasteiger partial charge < -0.3 is 14.6 Å². The van der Waals surface area contributed by atoms with Gasteiger partial charge in [0.15, 0.2) is 6.61 Å². The maximum atomic E-state index is 11.5. The van der Waals surface area contributed by atoms with Crippen molar-refractivity contribution in [3.05, 3.63) is 12.3 Å². The predicted octanol–water partition coefficient (Wildman–Crippen LogP) is 1.75. The molecule has 0 bridgehead atoms. The molecule has 1 aromatic rings. The minimum Gasteiger partial charge on any atom is -0.465 e. The standard InChI is InChI=1S/C12H18N2O3/c1-2-12(5-3-6-12)9-13-10(15)8-16-11-4-7-17-14-11/h4,7H,2-3,5-6,8-9H2,1H3,(H,13,15). The Bertz CT molecular complexity index is 352. The van der Waals surface area contributed by atoms with Crippen LogP contribution < -0.4 is 10.1 Å². The third kappa shape index (κ3) is 2.99. The summed E-state index contributed by atoms with van der Waals surface area (Å²) in [7, 11) is 0. The summed E-state index contributed by atoms with van der Waals surface area (Å²) in [6.07, 6.45) is 6.24. The number of hydrogen-bond acceptors (Lipinski definition) is 4. The molecule has 17 heavy (non-hydrogen) atoms. The van der Waals surface area contributed by atoms with E-state index in [9.17, 15) is 4.79 Å². The van der Waals surface area contributed by atoms with Crippen LogP contribution in [0.15, 0.2) is 16.9 Å². The first-order valence-electron chi connectivity index (χ1n) is 6.04. The van der Waals surface area contributed by atoms with Gasteiger partial charge in [0.1, 0.15) is 6.26 Å². The topological polar surface area (TPSA) is 64.4 Å². The van der Waals surface area contributed by atoms with Gasteiger partial charge >= 0.3 is 0 Å². The van der Waals surface area contributed by atoms with Crippen molar-refractivity contribution in [2.45, 2.75) is 32.6 Å². The largest absolute Gasteiger partial charge is 0.465 e. The summed E-state index contributed by atoms with van der Waals surface area (Å²) in [5, 5.41) is 6.48. The molecule has 0 atom stereocenters. The van der Waals surface area contributed by atoms with Crippen molar-refractivity contribution in [1.29, 1.82) is 0 Å². The lowest BCUT2D eigenvalue weighted by Crippen LogP contribution is -2.43. The second-order valence-corrected chi connectivity index (χ2v) is 4.61. The van der Waals surface area contributed by atoms with Crippen LogP contribution in [-0.4, -0.2) is 24.2 Å². The van der Waals surface area contributed by atoms with Crippen LogP contribution >= 0.6 is 0 Å². The Hall–Kier alpha value is -1.52. The average Bonchev–Trinajstić information content (AvgIpc) is 2.78. The quantitative estimate of drug-likeness (QED) is 0.820. The number of hydrogen-bond donors (Lipinski definition) is 1. The Morgan fingerprint density at radius 1 is 1.65 bits per heavy atom. The lowest BCUT2D eigenvalue weighted by molar-refractivity contribution is -0.124. The first-order chi connectivity index (χ1) is 8.24. The summed E-state index contributed by atoms with van der Waals surface area (Å²) >= 11 is 0. The molecule has 0 unspecified atom stereocenters. The van der Waals surface area contributed by atoms with Crippen molar-refractivity contribution < 1.29 is 14.1 Å². The highest BCUT2D eigenvalue weighted by Crippen LogP contribution is 2.42. The molecule has 1 saturated carbocycles. The molecular weight excluding hydrogens is 220 g/mol. The fourth-order valence-corrected chi connectivity index (χ4v) is 2.08. The van der Waals surface area contributed by atoms with Gasteiger partial charge in [0.2, 0.25) is 0 Å². The van der Waals surface area contributed by atoms with E-state index >= 15 is 0 Å². The van der Waals surface area contributed by atoms with Crippen LogP contribution in [0.5, 0.6) is 5.88 Å². The molecule has 1 heterocycles. The highest BCUT2D eigenvalue weighted by Gasteiger charge is 2.35. The molecule has 0 spiro atoms. The van der Waals surface area contributed by atoms with Gasteiger partial charge in [-0.25, -0.2) is 0 Å². The summed E-state index contributed by atoms with van der Waals surface area (Å²) in [5.74, 6) is 0.238. The van der Waals surface area contributed by atoms with Crippen LogP contribution in [0.2, 0.25) is 0 Å². The molecule has 1 amide bonds. The number of amides is 1. The summed E-state index contributed by atoms with van der Waals surface area (Å²) < 4.78 is 9.74. The zero-order valence-electron chi connectivity index (χ0n) is 10.1. The normalized spacial score (nSPS) is 17.2. The lowest BCUT2D eigenvalue weighted by atomic mass is 9.67. The highest BCUT2D eigenvalue weighted by atomic mass is 16.5. The number of ether oxygens (including phenoxy) is 1. The Balaban J connectivity index is 1.67.